The van der Waals surface area contributed by atoms with Crippen LogP contribution >= 0.6 is 0 Å². The first-order chi connectivity index (χ1) is 18.7. The Hall–Kier alpha value is -4.31. The molecule has 5 heterocycles. The molecule has 10 nitrogen and oxygen atoms in total. The molecular weight excluding hydrogens is 476 g/mol. The second-order valence-electron chi connectivity index (χ2n) is 9.92. The van der Waals surface area contributed by atoms with Gasteiger partial charge in [0.05, 0.1) is 11.9 Å². The molecule has 0 bridgehead atoms. The van der Waals surface area contributed by atoms with Gasteiger partial charge in [-0.15, -0.1) is 0 Å². The van der Waals surface area contributed by atoms with Crippen LogP contribution < -0.4 is 16.0 Å². The van der Waals surface area contributed by atoms with E-state index < -0.39 is 0 Å². The van der Waals surface area contributed by atoms with Gasteiger partial charge in [-0.05, 0) is 67.1 Å². The highest BCUT2D eigenvalue weighted by atomic mass is 15.4. The maximum absolute atomic E-state index is 4.81. The van der Waals surface area contributed by atoms with Gasteiger partial charge >= 0.3 is 0 Å². The van der Waals surface area contributed by atoms with Gasteiger partial charge in [-0.25, -0.2) is 9.67 Å². The van der Waals surface area contributed by atoms with E-state index in [0.717, 1.165) is 48.4 Å². The molecule has 1 aliphatic heterocycles. The molecule has 0 amide bonds. The number of piperidine rings is 1. The van der Waals surface area contributed by atoms with Gasteiger partial charge in [0.2, 0.25) is 11.9 Å². The normalized spacial score (nSPS) is 14.3. The van der Waals surface area contributed by atoms with Crippen molar-refractivity contribution in [1.29, 1.82) is 0 Å². The summed E-state index contributed by atoms with van der Waals surface area (Å²) in [5, 5.41) is 19.2. The number of fused-ring (bicyclic) bond motifs is 1. The Kier molecular flexibility index (Phi) is 6.70. The molecular formula is C28H32N10. The first kappa shape index (κ1) is 24.1. The molecule has 194 valence electrons. The molecule has 5 aromatic rings. The quantitative estimate of drug-likeness (QED) is 0.278. The molecule has 1 aliphatic rings. The molecule has 38 heavy (non-hydrogen) atoms. The average molecular weight is 509 g/mol. The van der Waals surface area contributed by atoms with Crippen molar-refractivity contribution in [3.05, 3.63) is 83.9 Å². The van der Waals surface area contributed by atoms with E-state index in [9.17, 15) is 0 Å². The SMILES string of the molecule is CC(C)c1cnn2c(NCc3ccccc3-n3cccn3)nc(Nc3ccc(C4CCNCC4)cn3)nc12. The summed E-state index contributed by atoms with van der Waals surface area (Å²) >= 11 is 0. The van der Waals surface area contributed by atoms with E-state index in [1.165, 1.54) is 5.56 Å². The molecule has 0 saturated carbocycles. The van der Waals surface area contributed by atoms with E-state index in [1.807, 2.05) is 47.5 Å². The Labute approximate surface area is 221 Å². The predicted molar refractivity (Wildman–Crippen MR) is 148 cm³/mol. The lowest BCUT2D eigenvalue weighted by molar-refractivity contribution is 0.459. The van der Waals surface area contributed by atoms with Gasteiger partial charge in [-0.2, -0.15) is 24.7 Å². The zero-order valence-electron chi connectivity index (χ0n) is 21.7. The number of rotatable bonds is 8. The molecule has 0 spiro atoms. The van der Waals surface area contributed by atoms with Gasteiger partial charge in [0.1, 0.15) is 5.82 Å². The fourth-order valence-corrected chi connectivity index (χ4v) is 4.93. The Balaban J connectivity index is 1.28. The van der Waals surface area contributed by atoms with Gasteiger partial charge in [0.25, 0.3) is 0 Å². The topological polar surface area (TPSA) is 110 Å². The second-order valence-corrected chi connectivity index (χ2v) is 9.92. The van der Waals surface area contributed by atoms with Crippen molar-refractivity contribution in [2.45, 2.75) is 45.1 Å². The monoisotopic (exact) mass is 508 g/mol. The molecule has 6 rings (SSSR count). The molecule has 0 atom stereocenters. The van der Waals surface area contributed by atoms with Crippen LogP contribution in [0.5, 0.6) is 0 Å². The molecule has 1 fully saturated rings. The zero-order chi connectivity index (χ0) is 25.9. The number of benzene rings is 1. The molecule has 4 aromatic heterocycles. The van der Waals surface area contributed by atoms with Crippen LogP contribution in [0.1, 0.15) is 55.2 Å². The summed E-state index contributed by atoms with van der Waals surface area (Å²) in [7, 11) is 0. The smallest absolute Gasteiger partial charge is 0.233 e. The van der Waals surface area contributed by atoms with Crippen LogP contribution in [0.25, 0.3) is 11.3 Å². The summed E-state index contributed by atoms with van der Waals surface area (Å²) in [5.41, 5.74) is 5.21. The highest BCUT2D eigenvalue weighted by Gasteiger charge is 2.18. The van der Waals surface area contributed by atoms with E-state index in [4.69, 9.17) is 9.97 Å². The number of aromatic nitrogens is 7. The number of hydrogen-bond acceptors (Lipinski definition) is 8. The molecule has 3 N–H and O–H groups in total. The van der Waals surface area contributed by atoms with Crippen LogP contribution in [0, 0.1) is 0 Å². The van der Waals surface area contributed by atoms with Crippen LogP contribution in [0.3, 0.4) is 0 Å². The van der Waals surface area contributed by atoms with Crippen molar-refractivity contribution < 1.29 is 0 Å². The lowest BCUT2D eigenvalue weighted by Crippen LogP contribution is -2.26. The maximum atomic E-state index is 4.81. The fourth-order valence-electron chi connectivity index (χ4n) is 4.93. The van der Waals surface area contributed by atoms with Crippen LogP contribution in [-0.4, -0.2) is 47.4 Å². The lowest BCUT2D eigenvalue weighted by Gasteiger charge is -2.22. The molecule has 1 saturated heterocycles. The summed E-state index contributed by atoms with van der Waals surface area (Å²) in [4.78, 5) is 14.3. The summed E-state index contributed by atoms with van der Waals surface area (Å²) in [6.45, 7) is 6.94. The molecule has 0 unspecified atom stereocenters. The first-order valence-electron chi connectivity index (χ1n) is 13.2. The Morgan fingerprint density at radius 1 is 1.00 bits per heavy atom. The highest BCUT2D eigenvalue weighted by molar-refractivity contribution is 5.59. The van der Waals surface area contributed by atoms with E-state index >= 15 is 0 Å². The number of nitrogens with zero attached hydrogens (tertiary/aromatic N) is 7. The van der Waals surface area contributed by atoms with E-state index in [2.05, 4.69) is 63.2 Å². The standard InChI is InChI=1S/C28H32N10/c1-19(2)23-18-33-38-26(23)35-27(34-25-9-8-21(16-30-25)20-10-13-29-14-11-20)36-28(38)31-17-22-6-3-4-7-24(22)37-15-5-12-32-37/h3-9,12,15-16,18-20,29H,10-11,13-14,17H2,1-2H3,(H2,30,31,34,35,36). The lowest BCUT2D eigenvalue weighted by atomic mass is 9.91. The van der Waals surface area contributed by atoms with Crippen molar-refractivity contribution in [2.75, 3.05) is 23.7 Å². The van der Waals surface area contributed by atoms with E-state index in [-0.39, 0.29) is 5.92 Å². The molecule has 0 aliphatic carbocycles. The van der Waals surface area contributed by atoms with Crippen molar-refractivity contribution in [3.8, 4) is 5.69 Å². The number of anilines is 3. The highest BCUT2D eigenvalue weighted by Crippen LogP contribution is 2.27. The number of pyridine rings is 1. The van der Waals surface area contributed by atoms with Crippen LogP contribution in [-0.2, 0) is 6.54 Å². The Bertz CT molecular complexity index is 1500. The van der Waals surface area contributed by atoms with Crippen LogP contribution in [0.2, 0.25) is 0 Å². The van der Waals surface area contributed by atoms with Gasteiger partial charge in [0, 0.05) is 30.7 Å². The number of hydrogen-bond donors (Lipinski definition) is 3. The minimum Gasteiger partial charge on any atom is -0.350 e. The fraction of sp³-hybridized carbons (Fsp3) is 0.321. The predicted octanol–water partition coefficient (Wildman–Crippen LogP) is 4.65. The maximum Gasteiger partial charge on any atom is 0.233 e. The third-order valence-corrected chi connectivity index (χ3v) is 7.03. The summed E-state index contributed by atoms with van der Waals surface area (Å²) in [6.07, 6.45) is 9.85. The van der Waals surface area contributed by atoms with Crippen LogP contribution in [0.4, 0.5) is 17.7 Å². The van der Waals surface area contributed by atoms with Crippen molar-refractivity contribution >= 4 is 23.4 Å². The van der Waals surface area contributed by atoms with Crippen molar-refractivity contribution in [2.24, 2.45) is 0 Å². The molecule has 1 aromatic carbocycles. The first-order valence-corrected chi connectivity index (χ1v) is 13.2. The Morgan fingerprint density at radius 3 is 2.63 bits per heavy atom. The van der Waals surface area contributed by atoms with E-state index in [1.54, 1.807) is 10.7 Å². The number of para-hydroxylation sites is 1. The average Bonchev–Trinajstić information content (AvgIpc) is 3.64. The Morgan fingerprint density at radius 2 is 1.87 bits per heavy atom. The summed E-state index contributed by atoms with van der Waals surface area (Å²) < 4.78 is 3.63. The largest absolute Gasteiger partial charge is 0.350 e. The van der Waals surface area contributed by atoms with Gasteiger partial charge in [-0.3, -0.25) is 0 Å². The zero-order valence-corrected chi connectivity index (χ0v) is 21.7. The minimum atomic E-state index is 0.269. The molecule has 0 radical (unpaired) electrons. The second kappa shape index (κ2) is 10.6. The third-order valence-electron chi connectivity index (χ3n) is 7.03. The van der Waals surface area contributed by atoms with Crippen molar-refractivity contribution in [3.63, 3.8) is 0 Å². The van der Waals surface area contributed by atoms with E-state index in [0.29, 0.717) is 30.2 Å². The van der Waals surface area contributed by atoms with Crippen molar-refractivity contribution in [1.82, 2.24) is 39.7 Å². The van der Waals surface area contributed by atoms with Gasteiger partial charge < -0.3 is 16.0 Å². The third kappa shape index (κ3) is 4.95. The minimum absolute atomic E-state index is 0.269. The summed E-state index contributed by atoms with van der Waals surface area (Å²) in [5.74, 6) is 2.63. The van der Waals surface area contributed by atoms with Gasteiger partial charge in [-0.1, -0.05) is 38.1 Å². The summed E-state index contributed by atoms with van der Waals surface area (Å²) in [6, 6.07) is 14.3. The molecule has 10 heteroatoms. The van der Waals surface area contributed by atoms with Crippen LogP contribution in [0.15, 0.2) is 67.3 Å². The van der Waals surface area contributed by atoms with Gasteiger partial charge in [0.15, 0.2) is 5.65 Å². The number of nitrogens with one attached hydrogen (secondary N) is 3.